The smallest absolute Gasteiger partial charge is 0.174 e. The van der Waals surface area contributed by atoms with Crippen LogP contribution in [0.5, 0.6) is 0 Å². The minimum atomic E-state index is -0.0853. The van der Waals surface area contributed by atoms with Gasteiger partial charge < -0.3 is 14.6 Å². The third kappa shape index (κ3) is 2.91. The van der Waals surface area contributed by atoms with E-state index in [9.17, 15) is 0 Å². The fourth-order valence-electron chi connectivity index (χ4n) is 3.31. The van der Waals surface area contributed by atoms with Gasteiger partial charge >= 0.3 is 0 Å². The number of nitrogens with one attached hydrogen (secondary N) is 1. The summed E-state index contributed by atoms with van der Waals surface area (Å²) < 4.78 is 5.98. The molecule has 1 aliphatic heterocycles. The van der Waals surface area contributed by atoms with Gasteiger partial charge in [-0.05, 0) is 68.0 Å². The summed E-state index contributed by atoms with van der Waals surface area (Å²) in [5, 5.41) is 4.11. The molecular formula is C20H19N3OS. The molecule has 2 atom stereocenters. The van der Waals surface area contributed by atoms with E-state index in [1.807, 2.05) is 43.3 Å². The van der Waals surface area contributed by atoms with Gasteiger partial charge in [-0.1, -0.05) is 18.2 Å². The summed E-state index contributed by atoms with van der Waals surface area (Å²) in [5.41, 5.74) is 3.19. The summed E-state index contributed by atoms with van der Waals surface area (Å²) >= 11 is 5.67. The number of hydrogen-bond acceptors (Lipinski definition) is 3. The summed E-state index contributed by atoms with van der Waals surface area (Å²) in [5.74, 6) is 1.76. The van der Waals surface area contributed by atoms with Crippen molar-refractivity contribution < 1.29 is 4.42 Å². The first-order chi connectivity index (χ1) is 12.1. The second kappa shape index (κ2) is 6.33. The quantitative estimate of drug-likeness (QED) is 0.707. The number of aromatic nitrogens is 1. The zero-order valence-corrected chi connectivity index (χ0v) is 15.0. The maximum atomic E-state index is 5.98. The Morgan fingerprint density at radius 1 is 1.08 bits per heavy atom. The molecule has 1 saturated heterocycles. The molecule has 1 N–H and O–H groups in total. The van der Waals surface area contributed by atoms with E-state index in [0.29, 0.717) is 5.11 Å². The Morgan fingerprint density at radius 2 is 1.96 bits per heavy atom. The third-order valence-corrected chi connectivity index (χ3v) is 4.75. The molecule has 4 rings (SSSR count). The minimum Gasteiger partial charge on any atom is -0.464 e. The second-order valence-electron chi connectivity index (χ2n) is 6.28. The lowest BCUT2D eigenvalue weighted by Crippen LogP contribution is -2.29. The van der Waals surface area contributed by atoms with Crippen molar-refractivity contribution in [2.45, 2.75) is 25.9 Å². The minimum absolute atomic E-state index is 0.0697. The van der Waals surface area contributed by atoms with Gasteiger partial charge in [0.1, 0.15) is 17.6 Å². The van der Waals surface area contributed by atoms with E-state index >= 15 is 0 Å². The fourth-order valence-corrected chi connectivity index (χ4v) is 3.66. The van der Waals surface area contributed by atoms with Crippen molar-refractivity contribution in [3.8, 4) is 0 Å². The maximum Gasteiger partial charge on any atom is 0.174 e. The monoisotopic (exact) mass is 349 g/mol. The normalized spacial score (nSPS) is 19.9. The van der Waals surface area contributed by atoms with E-state index in [0.717, 1.165) is 22.9 Å². The van der Waals surface area contributed by atoms with Crippen LogP contribution in [0.25, 0.3) is 0 Å². The van der Waals surface area contributed by atoms with E-state index < -0.39 is 0 Å². The zero-order valence-electron chi connectivity index (χ0n) is 14.1. The molecule has 1 aromatic carbocycles. The summed E-state index contributed by atoms with van der Waals surface area (Å²) in [6, 6.07) is 18.1. The van der Waals surface area contributed by atoms with Gasteiger partial charge in [-0.15, -0.1) is 0 Å². The number of benzene rings is 1. The van der Waals surface area contributed by atoms with E-state index in [4.69, 9.17) is 16.6 Å². The van der Waals surface area contributed by atoms with E-state index in [1.165, 1.54) is 5.56 Å². The first kappa shape index (κ1) is 15.8. The van der Waals surface area contributed by atoms with Crippen LogP contribution in [0.4, 0.5) is 5.69 Å². The highest BCUT2D eigenvalue weighted by Gasteiger charge is 2.42. The summed E-state index contributed by atoms with van der Waals surface area (Å²) in [6.07, 6.45) is 1.81. The highest BCUT2D eigenvalue weighted by atomic mass is 32.1. The Hall–Kier alpha value is -2.66. The Kier molecular flexibility index (Phi) is 4.01. The molecule has 0 aliphatic carbocycles. The number of aryl methyl sites for hydroxylation is 2. The molecule has 3 heterocycles. The summed E-state index contributed by atoms with van der Waals surface area (Å²) in [4.78, 5) is 6.66. The van der Waals surface area contributed by atoms with Crippen LogP contribution in [0.15, 0.2) is 65.2 Å². The number of nitrogens with zero attached hydrogens (tertiary/aromatic N) is 2. The van der Waals surface area contributed by atoms with Crippen LogP contribution in [0, 0.1) is 13.8 Å². The first-order valence-corrected chi connectivity index (χ1v) is 8.68. The molecule has 3 aromatic rings. The lowest BCUT2D eigenvalue weighted by molar-refractivity contribution is 0.418. The van der Waals surface area contributed by atoms with Crippen molar-refractivity contribution in [3.63, 3.8) is 0 Å². The Labute approximate surface area is 152 Å². The van der Waals surface area contributed by atoms with Crippen LogP contribution in [0.2, 0.25) is 0 Å². The van der Waals surface area contributed by atoms with E-state index in [1.54, 1.807) is 6.20 Å². The van der Waals surface area contributed by atoms with Crippen molar-refractivity contribution in [2.75, 3.05) is 4.90 Å². The van der Waals surface area contributed by atoms with Gasteiger partial charge in [-0.2, -0.15) is 0 Å². The molecule has 1 aliphatic rings. The van der Waals surface area contributed by atoms with Crippen LogP contribution in [0.3, 0.4) is 0 Å². The van der Waals surface area contributed by atoms with Crippen molar-refractivity contribution in [1.29, 1.82) is 0 Å². The third-order valence-electron chi connectivity index (χ3n) is 4.43. The van der Waals surface area contributed by atoms with Gasteiger partial charge in [-0.3, -0.25) is 4.98 Å². The number of furan rings is 1. The van der Waals surface area contributed by atoms with Gasteiger partial charge in [0, 0.05) is 11.9 Å². The number of hydrogen-bond donors (Lipinski definition) is 1. The lowest BCUT2D eigenvalue weighted by atomic mass is 10.0. The Balaban J connectivity index is 1.83. The molecule has 0 saturated carbocycles. The molecule has 0 spiro atoms. The second-order valence-corrected chi connectivity index (χ2v) is 6.67. The molecule has 126 valence electrons. The van der Waals surface area contributed by atoms with Gasteiger partial charge in [0.25, 0.3) is 0 Å². The van der Waals surface area contributed by atoms with Crippen LogP contribution in [0.1, 0.15) is 34.9 Å². The molecular weight excluding hydrogens is 330 g/mol. The van der Waals surface area contributed by atoms with E-state index in [-0.39, 0.29) is 12.1 Å². The standard InChI is InChI=1S/C20H19N3OS/c1-13-6-5-7-15(12-13)23-19(17-10-9-14(2)24-17)18(22-20(23)25)16-8-3-4-11-21-16/h3-12,18-19H,1-2H3,(H,22,25)/t18-,19+/m0/s1. The highest BCUT2D eigenvalue weighted by molar-refractivity contribution is 7.80. The number of rotatable bonds is 3. The predicted molar refractivity (Wildman–Crippen MR) is 103 cm³/mol. The molecule has 1 fully saturated rings. The molecule has 0 unspecified atom stereocenters. The Bertz CT molecular complexity index is 906. The summed E-state index contributed by atoms with van der Waals surface area (Å²) in [6.45, 7) is 4.04. The van der Waals surface area contributed by atoms with Crippen molar-refractivity contribution in [2.24, 2.45) is 0 Å². The van der Waals surface area contributed by atoms with Crippen molar-refractivity contribution in [1.82, 2.24) is 10.3 Å². The average Bonchev–Trinajstić information content (AvgIpc) is 3.18. The molecule has 5 heteroatoms. The molecule has 0 amide bonds. The predicted octanol–water partition coefficient (Wildman–Crippen LogP) is 4.47. The fraction of sp³-hybridized carbons (Fsp3) is 0.200. The topological polar surface area (TPSA) is 41.3 Å². The maximum absolute atomic E-state index is 5.98. The number of pyridine rings is 1. The van der Waals surface area contributed by atoms with Crippen LogP contribution in [-0.4, -0.2) is 10.1 Å². The van der Waals surface area contributed by atoms with Crippen LogP contribution in [-0.2, 0) is 0 Å². The zero-order chi connectivity index (χ0) is 17.4. The van der Waals surface area contributed by atoms with Crippen LogP contribution < -0.4 is 10.2 Å². The molecule has 2 aromatic heterocycles. The average molecular weight is 349 g/mol. The molecule has 25 heavy (non-hydrogen) atoms. The van der Waals surface area contributed by atoms with Gasteiger partial charge in [0.15, 0.2) is 5.11 Å². The number of anilines is 1. The van der Waals surface area contributed by atoms with Crippen molar-refractivity contribution >= 4 is 23.0 Å². The van der Waals surface area contributed by atoms with Crippen molar-refractivity contribution in [3.05, 3.63) is 83.6 Å². The first-order valence-electron chi connectivity index (χ1n) is 8.27. The summed E-state index contributed by atoms with van der Waals surface area (Å²) in [7, 11) is 0. The van der Waals surface area contributed by atoms with Gasteiger partial charge in [0.2, 0.25) is 0 Å². The van der Waals surface area contributed by atoms with E-state index in [2.05, 4.69) is 40.3 Å². The molecule has 0 bridgehead atoms. The van der Waals surface area contributed by atoms with Gasteiger partial charge in [-0.25, -0.2) is 0 Å². The largest absolute Gasteiger partial charge is 0.464 e. The lowest BCUT2D eigenvalue weighted by Gasteiger charge is -2.26. The highest BCUT2D eigenvalue weighted by Crippen LogP contribution is 2.41. The Morgan fingerprint density at radius 3 is 2.64 bits per heavy atom. The van der Waals surface area contributed by atoms with Crippen LogP contribution >= 0.6 is 12.2 Å². The molecule has 0 radical (unpaired) electrons. The number of thiocarbonyl (C=S) groups is 1. The SMILES string of the molecule is Cc1cccc(N2C(=S)N[C@@H](c3ccccn3)[C@H]2c2ccc(C)o2)c1. The molecule has 4 nitrogen and oxygen atoms in total. The van der Waals surface area contributed by atoms with Gasteiger partial charge in [0.05, 0.1) is 11.7 Å².